The van der Waals surface area contributed by atoms with E-state index in [0.717, 1.165) is 48.2 Å². The monoisotopic (exact) mass is 496 g/mol. The SMILES string of the molecule is CC(C)Cc1ccccc1CS(=O)(=O)N[C@H]1CC[C@@]2(O)[C@H]3Cc4cccc5c4[C@@]2(CCN3C)[C@H]1O5. The van der Waals surface area contributed by atoms with Crippen LogP contribution in [-0.4, -0.2) is 55.8 Å². The lowest BCUT2D eigenvalue weighted by atomic mass is 9.48. The van der Waals surface area contributed by atoms with E-state index in [-0.39, 0.29) is 17.8 Å². The van der Waals surface area contributed by atoms with Crippen LogP contribution in [0.2, 0.25) is 0 Å². The second-order valence-electron chi connectivity index (χ2n) is 11.6. The Kier molecular flexibility index (Phi) is 5.39. The fourth-order valence-electron chi connectivity index (χ4n) is 7.66. The van der Waals surface area contributed by atoms with Gasteiger partial charge in [0.1, 0.15) is 11.9 Å². The van der Waals surface area contributed by atoms with Gasteiger partial charge < -0.3 is 14.7 Å². The van der Waals surface area contributed by atoms with Gasteiger partial charge in [-0.1, -0.05) is 50.2 Å². The molecule has 7 heteroatoms. The first-order chi connectivity index (χ1) is 16.6. The van der Waals surface area contributed by atoms with Crippen LogP contribution in [0.25, 0.3) is 0 Å². The van der Waals surface area contributed by atoms with Crippen molar-refractivity contribution in [2.45, 2.75) is 80.9 Å². The fourth-order valence-corrected chi connectivity index (χ4v) is 9.14. The first-order valence-corrected chi connectivity index (χ1v) is 14.6. The van der Waals surface area contributed by atoms with Gasteiger partial charge in [0.05, 0.1) is 22.8 Å². The number of likely N-dealkylation sites (N-methyl/N-ethyl adjacent to an activating group) is 1. The molecule has 2 fully saturated rings. The number of piperidine rings is 1. The summed E-state index contributed by atoms with van der Waals surface area (Å²) < 4.78 is 36.6. The number of nitrogens with one attached hydrogen (secondary N) is 1. The Morgan fingerprint density at radius 2 is 1.91 bits per heavy atom. The Bertz CT molecular complexity index is 1260. The molecule has 188 valence electrons. The summed E-state index contributed by atoms with van der Waals surface area (Å²) in [6.45, 7) is 5.16. The summed E-state index contributed by atoms with van der Waals surface area (Å²) in [6, 6.07) is 13.6. The van der Waals surface area contributed by atoms with Gasteiger partial charge in [0.15, 0.2) is 0 Å². The van der Waals surface area contributed by atoms with Crippen molar-refractivity contribution in [1.82, 2.24) is 9.62 Å². The van der Waals surface area contributed by atoms with Crippen molar-refractivity contribution < 1.29 is 18.3 Å². The van der Waals surface area contributed by atoms with Crippen molar-refractivity contribution in [3.63, 3.8) is 0 Å². The van der Waals surface area contributed by atoms with E-state index in [9.17, 15) is 13.5 Å². The van der Waals surface area contributed by atoms with Crippen LogP contribution in [0.1, 0.15) is 55.4 Å². The lowest BCUT2D eigenvalue weighted by molar-refractivity contribution is -0.185. The maximum Gasteiger partial charge on any atom is 0.216 e. The minimum Gasteiger partial charge on any atom is -0.487 e. The van der Waals surface area contributed by atoms with E-state index in [1.165, 1.54) is 5.56 Å². The molecule has 0 amide bonds. The lowest BCUT2D eigenvalue weighted by Crippen LogP contribution is -2.77. The number of hydrogen-bond acceptors (Lipinski definition) is 5. The molecule has 0 aromatic heterocycles. The molecule has 2 aromatic carbocycles. The highest BCUT2D eigenvalue weighted by atomic mass is 32.2. The Balaban J connectivity index is 1.33. The van der Waals surface area contributed by atoms with E-state index in [1.807, 2.05) is 36.4 Å². The van der Waals surface area contributed by atoms with E-state index >= 15 is 0 Å². The first kappa shape index (κ1) is 23.5. The van der Waals surface area contributed by atoms with E-state index in [2.05, 4.69) is 36.6 Å². The van der Waals surface area contributed by atoms with Crippen LogP contribution in [0, 0.1) is 5.92 Å². The van der Waals surface area contributed by atoms with Crippen LogP contribution in [0.15, 0.2) is 42.5 Å². The van der Waals surface area contributed by atoms with Crippen molar-refractivity contribution in [3.8, 4) is 5.75 Å². The van der Waals surface area contributed by atoms with Gasteiger partial charge in [-0.15, -0.1) is 0 Å². The topological polar surface area (TPSA) is 78.9 Å². The van der Waals surface area contributed by atoms with Crippen LogP contribution in [0.5, 0.6) is 5.75 Å². The summed E-state index contributed by atoms with van der Waals surface area (Å²) >= 11 is 0. The highest BCUT2D eigenvalue weighted by Gasteiger charge is 2.72. The minimum atomic E-state index is -3.61. The summed E-state index contributed by atoms with van der Waals surface area (Å²) in [5.74, 6) is 1.23. The van der Waals surface area contributed by atoms with Crippen molar-refractivity contribution in [2.75, 3.05) is 13.6 Å². The molecule has 2 aromatic rings. The molecule has 6 nitrogen and oxygen atoms in total. The maximum atomic E-state index is 13.5. The Morgan fingerprint density at radius 3 is 2.69 bits per heavy atom. The number of aliphatic hydroxyl groups is 1. The molecular formula is C28H36N2O4S. The summed E-state index contributed by atoms with van der Waals surface area (Å²) in [5, 5.41) is 12.3. The Morgan fingerprint density at radius 1 is 1.14 bits per heavy atom. The number of sulfonamides is 1. The summed E-state index contributed by atoms with van der Waals surface area (Å²) in [6.07, 6.45) is 3.13. The molecule has 35 heavy (non-hydrogen) atoms. The highest BCUT2D eigenvalue weighted by Crippen LogP contribution is 2.63. The van der Waals surface area contributed by atoms with Crippen molar-refractivity contribution in [3.05, 3.63) is 64.7 Å². The van der Waals surface area contributed by atoms with E-state index in [0.29, 0.717) is 18.8 Å². The second-order valence-corrected chi connectivity index (χ2v) is 13.3. The van der Waals surface area contributed by atoms with Crippen LogP contribution >= 0.6 is 0 Å². The number of hydrogen-bond donors (Lipinski definition) is 2. The van der Waals surface area contributed by atoms with Gasteiger partial charge >= 0.3 is 0 Å². The van der Waals surface area contributed by atoms with Crippen LogP contribution < -0.4 is 9.46 Å². The number of ether oxygens (including phenoxy) is 1. The van der Waals surface area contributed by atoms with E-state index < -0.39 is 27.1 Å². The van der Waals surface area contributed by atoms with Crippen molar-refractivity contribution in [1.29, 1.82) is 0 Å². The number of rotatable bonds is 6. The number of likely N-dealkylation sites (tertiary alicyclic amines) is 1. The largest absolute Gasteiger partial charge is 0.487 e. The summed E-state index contributed by atoms with van der Waals surface area (Å²) in [5.41, 5.74) is 2.81. The van der Waals surface area contributed by atoms with Gasteiger partial charge in [-0.05, 0) is 74.4 Å². The molecule has 2 aliphatic carbocycles. The zero-order valence-corrected chi connectivity index (χ0v) is 21.6. The zero-order valence-electron chi connectivity index (χ0n) is 20.8. The number of nitrogens with zero attached hydrogens (tertiary/aromatic N) is 1. The molecule has 2 heterocycles. The third kappa shape index (κ3) is 3.42. The lowest BCUT2D eigenvalue weighted by Gasteiger charge is -2.63. The molecule has 4 aliphatic rings. The molecule has 6 rings (SSSR count). The second kappa shape index (κ2) is 8.04. The van der Waals surface area contributed by atoms with E-state index in [4.69, 9.17) is 4.74 Å². The first-order valence-electron chi connectivity index (χ1n) is 12.9. The van der Waals surface area contributed by atoms with Gasteiger partial charge in [-0.2, -0.15) is 0 Å². The van der Waals surface area contributed by atoms with E-state index in [1.54, 1.807) is 0 Å². The zero-order chi connectivity index (χ0) is 24.6. The van der Waals surface area contributed by atoms with Crippen LogP contribution in [0.4, 0.5) is 0 Å². The predicted molar refractivity (Wildman–Crippen MR) is 136 cm³/mol. The standard InChI is InChI=1S/C28H36N2O4S/c1-18(2)15-19-7-4-5-8-21(19)17-35(32,33)29-22-11-12-28(31)24-16-20-9-6-10-23-25(20)27(28,26(22)34-23)13-14-30(24)3/h4-10,18,22,24,26,29,31H,11-17H2,1-3H3/t22-,24+,26-,27-,28+/m0/s1. The van der Waals surface area contributed by atoms with Crippen LogP contribution in [0.3, 0.4) is 0 Å². The Labute approximate surface area is 208 Å². The molecule has 5 atom stereocenters. The van der Waals surface area contributed by atoms with Gasteiger partial charge in [0.2, 0.25) is 10.0 Å². The molecule has 2 aliphatic heterocycles. The fraction of sp³-hybridized carbons (Fsp3) is 0.571. The third-order valence-corrected chi connectivity index (χ3v) is 10.4. The average molecular weight is 497 g/mol. The van der Waals surface area contributed by atoms with Crippen molar-refractivity contribution in [2.24, 2.45) is 5.92 Å². The van der Waals surface area contributed by atoms with Gasteiger partial charge in [0.25, 0.3) is 0 Å². The molecular weight excluding hydrogens is 460 g/mol. The summed E-state index contributed by atoms with van der Waals surface area (Å²) in [4.78, 5) is 2.28. The predicted octanol–water partition coefficient (Wildman–Crippen LogP) is 3.16. The molecule has 1 spiro atoms. The van der Waals surface area contributed by atoms with Crippen molar-refractivity contribution >= 4 is 10.0 Å². The molecule has 1 saturated heterocycles. The Hall–Kier alpha value is -1.93. The smallest absolute Gasteiger partial charge is 0.216 e. The number of benzene rings is 2. The van der Waals surface area contributed by atoms with Gasteiger partial charge in [-0.25, -0.2) is 13.1 Å². The molecule has 2 N–H and O–H groups in total. The molecule has 2 bridgehead atoms. The molecule has 0 unspecified atom stereocenters. The van der Waals surface area contributed by atoms with Gasteiger partial charge in [0, 0.05) is 11.6 Å². The van der Waals surface area contributed by atoms with Gasteiger partial charge in [-0.3, -0.25) is 0 Å². The maximum absolute atomic E-state index is 13.5. The summed E-state index contributed by atoms with van der Waals surface area (Å²) in [7, 11) is -1.52. The highest BCUT2D eigenvalue weighted by molar-refractivity contribution is 7.88. The minimum absolute atomic E-state index is 0.0173. The average Bonchev–Trinajstić information content (AvgIpc) is 3.14. The molecule has 1 saturated carbocycles. The molecule has 0 radical (unpaired) electrons. The quantitative estimate of drug-likeness (QED) is 0.642. The third-order valence-electron chi connectivity index (χ3n) is 9.05. The van der Waals surface area contributed by atoms with Crippen LogP contribution in [-0.2, 0) is 34.0 Å². The normalized spacial score (nSPS) is 33.5.